The van der Waals surface area contributed by atoms with Gasteiger partial charge in [-0.2, -0.15) is 0 Å². The molecule has 0 aliphatic carbocycles. The molecule has 2 rings (SSSR count). The normalized spacial score (nSPS) is 10.3. The topological polar surface area (TPSA) is 26.0 Å². The van der Waals surface area contributed by atoms with E-state index in [4.69, 9.17) is 5.73 Å². The summed E-state index contributed by atoms with van der Waals surface area (Å²) in [6.07, 6.45) is 0. The molecule has 15 heavy (non-hydrogen) atoms. The van der Waals surface area contributed by atoms with Crippen molar-refractivity contribution in [3.05, 3.63) is 59.9 Å². The van der Waals surface area contributed by atoms with Gasteiger partial charge in [0.15, 0.2) is 0 Å². The lowest BCUT2D eigenvalue weighted by molar-refractivity contribution is 0.628. The molecule has 2 aromatic carbocycles. The van der Waals surface area contributed by atoms with Crippen LogP contribution in [0.2, 0.25) is 0 Å². The van der Waals surface area contributed by atoms with Gasteiger partial charge in [0.05, 0.1) is 0 Å². The van der Waals surface area contributed by atoms with Gasteiger partial charge in [0.25, 0.3) is 0 Å². The molecule has 1 radical (unpaired) electrons. The van der Waals surface area contributed by atoms with Gasteiger partial charge in [-0.15, -0.1) is 0 Å². The summed E-state index contributed by atoms with van der Waals surface area (Å²) >= 11 is 0. The largest absolute Gasteiger partial charge is 0.326 e. The van der Waals surface area contributed by atoms with Crippen molar-refractivity contribution in [2.24, 2.45) is 5.73 Å². The van der Waals surface area contributed by atoms with Crippen molar-refractivity contribution in [2.45, 2.75) is 6.54 Å². The van der Waals surface area contributed by atoms with Crippen LogP contribution in [-0.4, -0.2) is 0 Å². The first-order chi connectivity index (χ1) is 7.29. The fraction of sp³-hybridized carbons (Fsp3) is 0.0769. The molecule has 0 saturated heterocycles. The monoisotopic (exact) mass is 200 g/mol. The molecule has 2 heteroatoms. The zero-order valence-corrected chi connectivity index (χ0v) is 8.20. The second-order valence-corrected chi connectivity index (χ2v) is 3.31. The van der Waals surface area contributed by atoms with E-state index in [9.17, 15) is 4.39 Å². The summed E-state index contributed by atoms with van der Waals surface area (Å²) in [5.41, 5.74) is 8.45. The quantitative estimate of drug-likeness (QED) is 0.792. The number of halogens is 1. The Bertz CT molecular complexity index is 431. The predicted octanol–water partition coefficient (Wildman–Crippen LogP) is 2.75. The first kappa shape index (κ1) is 9.87. The van der Waals surface area contributed by atoms with Crippen LogP contribution in [-0.2, 0) is 6.54 Å². The third-order valence-electron chi connectivity index (χ3n) is 2.27. The van der Waals surface area contributed by atoms with E-state index in [0.717, 1.165) is 16.7 Å². The zero-order chi connectivity index (χ0) is 10.7. The van der Waals surface area contributed by atoms with Gasteiger partial charge in [0.1, 0.15) is 5.82 Å². The molecule has 0 saturated carbocycles. The number of nitrogens with two attached hydrogens (primary N) is 1. The number of rotatable bonds is 2. The molecule has 0 unspecified atom stereocenters. The summed E-state index contributed by atoms with van der Waals surface area (Å²) in [7, 11) is 0. The fourth-order valence-corrected chi connectivity index (χ4v) is 1.41. The minimum Gasteiger partial charge on any atom is -0.326 e. The van der Waals surface area contributed by atoms with Crippen molar-refractivity contribution in [3.8, 4) is 11.1 Å². The molecule has 0 heterocycles. The molecule has 0 amide bonds. The molecule has 0 fully saturated rings. The molecule has 2 N–H and O–H groups in total. The van der Waals surface area contributed by atoms with Crippen molar-refractivity contribution >= 4 is 0 Å². The van der Waals surface area contributed by atoms with Crippen LogP contribution in [0.5, 0.6) is 0 Å². The average molecular weight is 200 g/mol. The predicted molar refractivity (Wildman–Crippen MR) is 58.6 cm³/mol. The lowest BCUT2D eigenvalue weighted by Gasteiger charge is -2.02. The standard InChI is InChI=1S/C13H11FN/c14-13-7-5-12(6-8-13)11-3-1-10(9-15)2-4-11/h1,3-8H,9,15H2. The third-order valence-corrected chi connectivity index (χ3v) is 2.27. The van der Waals surface area contributed by atoms with Crippen molar-refractivity contribution in [2.75, 3.05) is 0 Å². The van der Waals surface area contributed by atoms with E-state index in [1.54, 1.807) is 12.1 Å². The molecule has 0 aliphatic heterocycles. The Morgan fingerprint density at radius 2 is 1.67 bits per heavy atom. The molecular formula is C13H11FN. The Hall–Kier alpha value is -1.67. The molecule has 0 aromatic heterocycles. The molecule has 0 spiro atoms. The molecule has 0 atom stereocenters. The lowest BCUT2D eigenvalue weighted by Crippen LogP contribution is -1.95. The van der Waals surface area contributed by atoms with Gasteiger partial charge < -0.3 is 5.73 Å². The van der Waals surface area contributed by atoms with E-state index >= 15 is 0 Å². The summed E-state index contributed by atoms with van der Waals surface area (Å²) in [5, 5.41) is 0. The van der Waals surface area contributed by atoms with Gasteiger partial charge >= 0.3 is 0 Å². The molecular weight excluding hydrogens is 189 g/mol. The maximum atomic E-state index is 12.7. The molecule has 0 bridgehead atoms. The first-order valence-corrected chi connectivity index (χ1v) is 4.76. The van der Waals surface area contributed by atoms with E-state index in [2.05, 4.69) is 6.07 Å². The first-order valence-electron chi connectivity index (χ1n) is 4.76. The Morgan fingerprint density at radius 1 is 1.00 bits per heavy atom. The van der Waals surface area contributed by atoms with Crippen molar-refractivity contribution < 1.29 is 4.39 Å². The maximum absolute atomic E-state index is 12.7. The zero-order valence-electron chi connectivity index (χ0n) is 8.20. The van der Waals surface area contributed by atoms with Crippen LogP contribution in [0.3, 0.4) is 0 Å². The highest BCUT2D eigenvalue weighted by Crippen LogP contribution is 2.19. The van der Waals surface area contributed by atoms with Gasteiger partial charge in [-0.1, -0.05) is 24.3 Å². The minimum absolute atomic E-state index is 0.221. The van der Waals surface area contributed by atoms with Crippen molar-refractivity contribution in [1.82, 2.24) is 0 Å². The van der Waals surface area contributed by atoms with E-state index in [-0.39, 0.29) is 5.82 Å². The Morgan fingerprint density at radius 3 is 2.20 bits per heavy atom. The van der Waals surface area contributed by atoms with Crippen LogP contribution in [0, 0.1) is 11.9 Å². The number of benzene rings is 2. The van der Waals surface area contributed by atoms with E-state index in [1.807, 2.05) is 18.2 Å². The van der Waals surface area contributed by atoms with E-state index in [0.29, 0.717) is 6.54 Å². The van der Waals surface area contributed by atoms with Gasteiger partial charge in [-0.05, 0) is 41.0 Å². The van der Waals surface area contributed by atoms with Crippen molar-refractivity contribution in [3.63, 3.8) is 0 Å². The lowest BCUT2D eigenvalue weighted by atomic mass is 10.0. The third kappa shape index (κ3) is 2.22. The highest BCUT2D eigenvalue weighted by Gasteiger charge is 1.97. The summed E-state index contributed by atoms with van der Waals surface area (Å²) in [6, 6.07) is 15.2. The molecule has 2 aromatic rings. The van der Waals surface area contributed by atoms with Gasteiger partial charge in [0, 0.05) is 6.54 Å². The van der Waals surface area contributed by atoms with E-state index in [1.165, 1.54) is 12.1 Å². The second-order valence-electron chi connectivity index (χ2n) is 3.31. The Labute approximate surface area is 88.4 Å². The van der Waals surface area contributed by atoms with E-state index < -0.39 is 0 Å². The summed E-state index contributed by atoms with van der Waals surface area (Å²) < 4.78 is 12.7. The minimum atomic E-state index is -0.221. The second kappa shape index (κ2) is 4.24. The van der Waals surface area contributed by atoms with Crippen LogP contribution in [0.15, 0.2) is 42.5 Å². The van der Waals surface area contributed by atoms with Crippen LogP contribution < -0.4 is 5.73 Å². The smallest absolute Gasteiger partial charge is 0.123 e. The van der Waals surface area contributed by atoms with Gasteiger partial charge in [-0.3, -0.25) is 0 Å². The summed E-state index contributed by atoms with van der Waals surface area (Å²) in [5.74, 6) is -0.221. The summed E-state index contributed by atoms with van der Waals surface area (Å²) in [6.45, 7) is 0.490. The summed E-state index contributed by atoms with van der Waals surface area (Å²) in [4.78, 5) is 0. The Kier molecular flexibility index (Phi) is 2.79. The molecule has 0 aliphatic rings. The van der Waals surface area contributed by atoms with Gasteiger partial charge in [0.2, 0.25) is 0 Å². The van der Waals surface area contributed by atoms with Crippen LogP contribution in [0.4, 0.5) is 4.39 Å². The number of hydrogen-bond acceptors (Lipinski definition) is 1. The fourth-order valence-electron chi connectivity index (χ4n) is 1.41. The highest BCUT2D eigenvalue weighted by atomic mass is 19.1. The maximum Gasteiger partial charge on any atom is 0.123 e. The molecule has 75 valence electrons. The Balaban J connectivity index is 2.33. The highest BCUT2D eigenvalue weighted by molar-refractivity contribution is 5.63. The van der Waals surface area contributed by atoms with Crippen LogP contribution >= 0.6 is 0 Å². The van der Waals surface area contributed by atoms with Crippen molar-refractivity contribution in [1.29, 1.82) is 0 Å². The van der Waals surface area contributed by atoms with Crippen LogP contribution in [0.1, 0.15) is 5.56 Å². The SMILES string of the molecule is NCc1[c]cc(-c2ccc(F)cc2)cc1. The number of hydrogen-bond donors (Lipinski definition) is 1. The molecule has 1 nitrogen and oxygen atoms in total. The van der Waals surface area contributed by atoms with Crippen LogP contribution in [0.25, 0.3) is 11.1 Å². The average Bonchev–Trinajstić information content (AvgIpc) is 2.30. The van der Waals surface area contributed by atoms with Gasteiger partial charge in [-0.25, -0.2) is 4.39 Å².